The van der Waals surface area contributed by atoms with Gasteiger partial charge < -0.3 is 15.5 Å². The smallest absolute Gasteiger partial charge is 0.139 e. The third-order valence-corrected chi connectivity index (χ3v) is 3.93. The first-order chi connectivity index (χ1) is 7.08. The van der Waals surface area contributed by atoms with Crippen LogP contribution in [0.3, 0.4) is 0 Å². The molecule has 2 rings (SSSR count). The predicted molar refractivity (Wildman–Crippen MR) is 65.4 cm³/mol. The second-order valence-corrected chi connectivity index (χ2v) is 5.29. The predicted octanol–water partition coefficient (Wildman–Crippen LogP) is 1.11. The van der Waals surface area contributed by atoms with Crippen molar-refractivity contribution in [1.82, 2.24) is 9.27 Å². The molecular weight excluding hydrogens is 208 g/mol. The number of rotatable bonds is 2. The zero-order valence-corrected chi connectivity index (χ0v) is 10.3. The lowest BCUT2D eigenvalue weighted by Crippen LogP contribution is -2.34. The molecule has 1 aromatic heterocycles. The van der Waals surface area contributed by atoms with E-state index in [2.05, 4.69) is 35.2 Å². The summed E-state index contributed by atoms with van der Waals surface area (Å²) in [6.07, 6.45) is 0. The maximum atomic E-state index is 5.64. The minimum Gasteiger partial charge on any atom is -0.383 e. The summed E-state index contributed by atoms with van der Waals surface area (Å²) < 4.78 is 4.12. The Morgan fingerprint density at radius 3 is 2.73 bits per heavy atom. The number of nitrogens with zero attached hydrogens (tertiary/aromatic N) is 3. The highest BCUT2D eigenvalue weighted by atomic mass is 32.1. The first-order valence-corrected chi connectivity index (χ1v) is 5.99. The average Bonchev–Trinajstić information content (AvgIpc) is 2.71. The van der Waals surface area contributed by atoms with Gasteiger partial charge >= 0.3 is 0 Å². The van der Waals surface area contributed by atoms with Crippen molar-refractivity contribution in [3.05, 3.63) is 6.07 Å². The van der Waals surface area contributed by atoms with Crippen molar-refractivity contribution < 1.29 is 0 Å². The van der Waals surface area contributed by atoms with Gasteiger partial charge in [0.2, 0.25) is 0 Å². The topological polar surface area (TPSA) is 45.4 Å². The van der Waals surface area contributed by atoms with E-state index in [9.17, 15) is 0 Å². The van der Waals surface area contributed by atoms with Crippen LogP contribution in [0.25, 0.3) is 0 Å². The van der Waals surface area contributed by atoms with Gasteiger partial charge in [0, 0.05) is 25.2 Å². The molecule has 0 aliphatic carbocycles. The molecule has 0 radical (unpaired) electrons. The van der Waals surface area contributed by atoms with Gasteiger partial charge in [0.05, 0.1) is 0 Å². The van der Waals surface area contributed by atoms with E-state index < -0.39 is 0 Å². The molecule has 1 aromatic rings. The summed E-state index contributed by atoms with van der Waals surface area (Å²) >= 11 is 1.50. The first-order valence-electron chi connectivity index (χ1n) is 5.21. The first kappa shape index (κ1) is 10.7. The van der Waals surface area contributed by atoms with Crippen LogP contribution in [0, 0.1) is 5.92 Å². The Morgan fingerprint density at radius 1 is 1.53 bits per heavy atom. The zero-order chi connectivity index (χ0) is 11.0. The second-order valence-electron chi connectivity index (χ2n) is 4.50. The minimum atomic E-state index is 0.633. The highest BCUT2D eigenvalue weighted by Gasteiger charge is 2.31. The highest BCUT2D eigenvalue weighted by Crippen LogP contribution is 2.29. The molecule has 2 atom stereocenters. The quantitative estimate of drug-likeness (QED) is 0.820. The Balaban J connectivity index is 2.09. The van der Waals surface area contributed by atoms with Crippen LogP contribution in [0.5, 0.6) is 0 Å². The number of hydrogen-bond donors (Lipinski definition) is 1. The molecule has 1 aliphatic rings. The summed E-state index contributed by atoms with van der Waals surface area (Å²) in [6, 6.07) is 2.60. The molecule has 1 aliphatic heterocycles. The van der Waals surface area contributed by atoms with Crippen LogP contribution in [-0.2, 0) is 0 Å². The van der Waals surface area contributed by atoms with E-state index in [-0.39, 0.29) is 0 Å². The monoisotopic (exact) mass is 226 g/mol. The third-order valence-electron chi connectivity index (χ3n) is 3.06. The van der Waals surface area contributed by atoms with E-state index in [4.69, 9.17) is 5.73 Å². The summed E-state index contributed by atoms with van der Waals surface area (Å²) in [4.78, 5) is 4.68. The van der Waals surface area contributed by atoms with E-state index in [1.807, 2.05) is 6.07 Å². The molecule has 0 amide bonds. The number of anilines is 2. The number of hydrogen-bond acceptors (Lipinski definition) is 5. The number of aromatic nitrogens is 1. The van der Waals surface area contributed by atoms with Crippen molar-refractivity contribution in [2.24, 2.45) is 5.92 Å². The second kappa shape index (κ2) is 3.98. The molecule has 0 saturated carbocycles. The lowest BCUT2D eigenvalue weighted by Gasteiger charge is -2.22. The van der Waals surface area contributed by atoms with Crippen molar-refractivity contribution in [1.29, 1.82) is 0 Å². The van der Waals surface area contributed by atoms with Crippen molar-refractivity contribution in [3.63, 3.8) is 0 Å². The van der Waals surface area contributed by atoms with Crippen LogP contribution in [0.1, 0.15) is 6.92 Å². The molecule has 2 unspecified atom stereocenters. The Labute approximate surface area is 94.8 Å². The molecule has 1 fully saturated rings. The Hall–Kier alpha value is -0.810. The molecule has 2 N–H and O–H groups in total. The van der Waals surface area contributed by atoms with Gasteiger partial charge in [-0.05, 0) is 31.5 Å². The van der Waals surface area contributed by atoms with Gasteiger partial charge in [-0.1, -0.05) is 6.92 Å². The van der Waals surface area contributed by atoms with Crippen LogP contribution < -0.4 is 10.6 Å². The summed E-state index contributed by atoms with van der Waals surface area (Å²) in [5.41, 5.74) is 5.64. The van der Waals surface area contributed by atoms with Crippen molar-refractivity contribution in [2.75, 3.05) is 37.8 Å². The van der Waals surface area contributed by atoms with Crippen molar-refractivity contribution in [3.8, 4) is 0 Å². The number of nitrogens with two attached hydrogens (primary N) is 1. The average molecular weight is 226 g/mol. The molecule has 15 heavy (non-hydrogen) atoms. The van der Waals surface area contributed by atoms with Crippen molar-refractivity contribution in [2.45, 2.75) is 13.0 Å². The highest BCUT2D eigenvalue weighted by molar-refractivity contribution is 7.10. The maximum absolute atomic E-state index is 5.64. The van der Waals surface area contributed by atoms with E-state index in [1.165, 1.54) is 16.5 Å². The summed E-state index contributed by atoms with van der Waals surface area (Å²) in [5.74, 6) is 1.33. The normalized spacial score (nSPS) is 26.5. The molecule has 84 valence electrons. The fourth-order valence-corrected chi connectivity index (χ4v) is 2.92. The van der Waals surface area contributed by atoms with Crippen LogP contribution in [0.15, 0.2) is 6.07 Å². The summed E-state index contributed by atoms with van der Waals surface area (Å²) in [6.45, 7) is 4.48. The molecule has 5 heteroatoms. The molecule has 4 nitrogen and oxygen atoms in total. The van der Waals surface area contributed by atoms with E-state index >= 15 is 0 Å². The Bertz CT molecular complexity index is 336. The third kappa shape index (κ3) is 2.08. The van der Waals surface area contributed by atoms with E-state index in [1.54, 1.807) is 0 Å². The standard InChI is InChI=1S/C10H18N4S/c1-7-5-14(6-8(7)13(2)3)10-4-9(11)12-15-10/h4,7-8H,5-6H2,1-3H3,(H2,11,12). The SMILES string of the molecule is CC1CN(c2cc(N)ns2)CC1N(C)C. The minimum absolute atomic E-state index is 0.633. The summed E-state index contributed by atoms with van der Waals surface area (Å²) in [5, 5.41) is 1.20. The van der Waals surface area contributed by atoms with Gasteiger partial charge in [-0.15, -0.1) is 0 Å². The molecule has 0 aromatic carbocycles. The summed E-state index contributed by atoms with van der Waals surface area (Å²) in [7, 11) is 4.29. The molecule has 0 spiro atoms. The van der Waals surface area contributed by atoms with Crippen LogP contribution in [0.4, 0.5) is 10.8 Å². The number of likely N-dealkylation sites (N-methyl/N-ethyl adjacent to an activating group) is 1. The van der Waals surface area contributed by atoms with Gasteiger partial charge in [-0.25, -0.2) is 0 Å². The molecule has 0 bridgehead atoms. The zero-order valence-electron chi connectivity index (χ0n) is 9.47. The van der Waals surface area contributed by atoms with E-state index in [0.717, 1.165) is 13.1 Å². The number of nitrogen functional groups attached to an aromatic ring is 1. The van der Waals surface area contributed by atoms with Gasteiger partial charge in [-0.2, -0.15) is 4.37 Å². The maximum Gasteiger partial charge on any atom is 0.139 e. The lowest BCUT2D eigenvalue weighted by molar-refractivity contribution is 0.266. The Kier molecular flexibility index (Phi) is 2.84. The van der Waals surface area contributed by atoms with Gasteiger partial charge in [0.1, 0.15) is 10.8 Å². The van der Waals surface area contributed by atoms with Crippen LogP contribution in [0.2, 0.25) is 0 Å². The van der Waals surface area contributed by atoms with Crippen LogP contribution >= 0.6 is 11.5 Å². The largest absolute Gasteiger partial charge is 0.383 e. The van der Waals surface area contributed by atoms with Gasteiger partial charge in [0.25, 0.3) is 0 Å². The fourth-order valence-electron chi connectivity index (χ4n) is 2.23. The molecule has 1 saturated heterocycles. The van der Waals surface area contributed by atoms with Gasteiger partial charge in [0.15, 0.2) is 0 Å². The molecular formula is C10H18N4S. The fraction of sp³-hybridized carbons (Fsp3) is 0.700. The van der Waals surface area contributed by atoms with Crippen molar-refractivity contribution >= 4 is 22.4 Å². The lowest BCUT2D eigenvalue weighted by atomic mass is 10.1. The van der Waals surface area contributed by atoms with E-state index in [0.29, 0.717) is 17.8 Å². The molecule has 2 heterocycles. The van der Waals surface area contributed by atoms with Crippen LogP contribution in [-0.4, -0.2) is 42.5 Å². The van der Waals surface area contributed by atoms with Gasteiger partial charge in [-0.3, -0.25) is 0 Å². The Morgan fingerprint density at radius 2 is 2.27 bits per heavy atom.